The van der Waals surface area contributed by atoms with Crippen LogP contribution in [0.25, 0.3) is 0 Å². The first-order chi connectivity index (χ1) is 12.6. The summed E-state index contributed by atoms with van der Waals surface area (Å²) in [5, 5.41) is 8.57. The van der Waals surface area contributed by atoms with Gasteiger partial charge in [0.25, 0.3) is 0 Å². The van der Waals surface area contributed by atoms with Gasteiger partial charge in [0, 0.05) is 44.5 Å². The van der Waals surface area contributed by atoms with Gasteiger partial charge >= 0.3 is 11.9 Å². The maximum absolute atomic E-state index is 12.0. The summed E-state index contributed by atoms with van der Waals surface area (Å²) in [6.45, 7) is 1.86. The topological polar surface area (TPSA) is 66.8 Å². The molecule has 1 N–H and O–H groups in total. The van der Waals surface area contributed by atoms with Crippen LogP contribution in [0.4, 0.5) is 5.69 Å². The fraction of sp³-hybridized carbons (Fsp3) is 0.619. The molecule has 1 aliphatic heterocycles. The largest absolute Gasteiger partial charge is 0.481 e. The molecule has 0 radical (unpaired) electrons. The molecule has 1 aliphatic rings. The first-order valence-electron chi connectivity index (χ1n) is 9.86. The molecule has 0 unspecified atom stereocenters. The molecular formula is C21H31NO4. The zero-order valence-corrected chi connectivity index (χ0v) is 15.6. The van der Waals surface area contributed by atoms with Crippen LogP contribution in [0.1, 0.15) is 64.2 Å². The maximum Gasteiger partial charge on any atom is 0.306 e. The van der Waals surface area contributed by atoms with E-state index in [0.29, 0.717) is 6.42 Å². The standard InChI is InChI=1S/C21H31NO4/c23-20(24)12-8-3-1-2-4-9-13-21(25)26-19-14-16-22(17-15-19)18-10-6-5-7-11-18/h5-7,10-11,19H,1-4,8-9,12-17H2,(H,23,24). The quantitative estimate of drug-likeness (QED) is 0.467. The number of piperidine rings is 1. The lowest BCUT2D eigenvalue weighted by molar-refractivity contribution is -0.150. The zero-order chi connectivity index (χ0) is 18.6. The van der Waals surface area contributed by atoms with E-state index < -0.39 is 5.97 Å². The van der Waals surface area contributed by atoms with E-state index in [4.69, 9.17) is 9.84 Å². The third-order valence-electron chi connectivity index (χ3n) is 4.88. The van der Waals surface area contributed by atoms with Gasteiger partial charge in [-0.15, -0.1) is 0 Å². The number of unbranched alkanes of at least 4 members (excludes halogenated alkanes) is 5. The number of para-hydroxylation sites is 1. The van der Waals surface area contributed by atoms with Crippen molar-refractivity contribution < 1.29 is 19.4 Å². The second kappa shape index (κ2) is 11.6. The number of hydrogen-bond donors (Lipinski definition) is 1. The molecule has 1 aromatic rings. The van der Waals surface area contributed by atoms with Gasteiger partial charge in [-0.2, -0.15) is 0 Å². The highest BCUT2D eigenvalue weighted by atomic mass is 16.5. The maximum atomic E-state index is 12.0. The number of hydrogen-bond acceptors (Lipinski definition) is 4. The number of anilines is 1. The predicted molar refractivity (Wildman–Crippen MR) is 102 cm³/mol. The monoisotopic (exact) mass is 361 g/mol. The number of carbonyl (C=O) groups excluding carboxylic acids is 1. The molecule has 0 aromatic heterocycles. The third-order valence-corrected chi connectivity index (χ3v) is 4.88. The lowest BCUT2D eigenvalue weighted by Crippen LogP contribution is -2.37. The molecule has 5 heteroatoms. The fourth-order valence-electron chi connectivity index (χ4n) is 3.37. The lowest BCUT2D eigenvalue weighted by atomic mass is 10.1. The Hall–Kier alpha value is -2.04. The molecular weight excluding hydrogens is 330 g/mol. The van der Waals surface area contributed by atoms with E-state index in [9.17, 15) is 9.59 Å². The Balaban J connectivity index is 1.49. The SMILES string of the molecule is O=C(O)CCCCCCCCC(=O)OC1CCN(c2ccccc2)CC1. The van der Waals surface area contributed by atoms with E-state index in [2.05, 4.69) is 17.0 Å². The first kappa shape index (κ1) is 20.3. The van der Waals surface area contributed by atoms with E-state index in [-0.39, 0.29) is 18.5 Å². The minimum absolute atomic E-state index is 0.0541. The van der Waals surface area contributed by atoms with Crippen LogP contribution >= 0.6 is 0 Å². The highest BCUT2D eigenvalue weighted by molar-refractivity contribution is 5.69. The minimum atomic E-state index is -0.720. The van der Waals surface area contributed by atoms with Crippen molar-refractivity contribution in [3.63, 3.8) is 0 Å². The molecule has 0 bridgehead atoms. The average molecular weight is 361 g/mol. The predicted octanol–water partition coefficient (Wildman–Crippen LogP) is 4.40. The Labute approximate surface area is 156 Å². The van der Waals surface area contributed by atoms with Gasteiger partial charge in [0.05, 0.1) is 0 Å². The van der Waals surface area contributed by atoms with Crippen LogP contribution in [0.15, 0.2) is 30.3 Å². The van der Waals surface area contributed by atoms with Crippen LogP contribution in [0, 0.1) is 0 Å². The molecule has 1 saturated heterocycles. The van der Waals surface area contributed by atoms with Crippen LogP contribution in [-0.2, 0) is 14.3 Å². The van der Waals surface area contributed by atoms with Crippen molar-refractivity contribution in [3.05, 3.63) is 30.3 Å². The average Bonchev–Trinajstić information content (AvgIpc) is 2.65. The normalized spacial score (nSPS) is 15.0. The summed E-state index contributed by atoms with van der Waals surface area (Å²) in [6.07, 6.45) is 8.27. The van der Waals surface area contributed by atoms with Crippen LogP contribution < -0.4 is 4.90 Å². The molecule has 1 aromatic carbocycles. The minimum Gasteiger partial charge on any atom is -0.481 e. The molecule has 0 spiro atoms. The number of benzene rings is 1. The lowest BCUT2D eigenvalue weighted by Gasteiger charge is -2.33. The summed E-state index contributed by atoms with van der Waals surface area (Å²) >= 11 is 0. The number of nitrogens with zero attached hydrogens (tertiary/aromatic N) is 1. The summed E-state index contributed by atoms with van der Waals surface area (Å²) in [5.74, 6) is -0.795. The van der Waals surface area contributed by atoms with Crippen molar-refractivity contribution in [2.75, 3.05) is 18.0 Å². The van der Waals surface area contributed by atoms with Crippen molar-refractivity contribution in [3.8, 4) is 0 Å². The highest BCUT2D eigenvalue weighted by Gasteiger charge is 2.22. The van der Waals surface area contributed by atoms with Crippen LogP contribution in [-0.4, -0.2) is 36.2 Å². The van der Waals surface area contributed by atoms with E-state index in [1.54, 1.807) is 0 Å². The molecule has 0 aliphatic carbocycles. The van der Waals surface area contributed by atoms with Gasteiger partial charge in [-0.1, -0.05) is 43.9 Å². The number of esters is 1. The number of ether oxygens (including phenoxy) is 1. The number of carbonyl (C=O) groups is 2. The Kier molecular flexibility index (Phi) is 9.01. The fourth-order valence-corrected chi connectivity index (χ4v) is 3.37. The molecule has 0 saturated carbocycles. The molecule has 1 heterocycles. The first-order valence-corrected chi connectivity index (χ1v) is 9.86. The van der Waals surface area contributed by atoms with Gasteiger partial charge in [-0.05, 0) is 25.0 Å². The second-order valence-electron chi connectivity index (χ2n) is 7.03. The van der Waals surface area contributed by atoms with Crippen LogP contribution in [0.2, 0.25) is 0 Å². The number of rotatable bonds is 11. The van der Waals surface area contributed by atoms with E-state index >= 15 is 0 Å². The number of carboxylic acid groups (broad SMARTS) is 1. The van der Waals surface area contributed by atoms with Crippen molar-refractivity contribution in [2.45, 2.75) is 70.3 Å². The molecule has 2 rings (SSSR count). The van der Waals surface area contributed by atoms with Gasteiger partial charge in [0.15, 0.2) is 0 Å². The van der Waals surface area contributed by atoms with Gasteiger partial charge in [-0.3, -0.25) is 9.59 Å². The number of carboxylic acids is 1. The van der Waals surface area contributed by atoms with Crippen molar-refractivity contribution in [1.82, 2.24) is 0 Å². The molecule has 0 atom stereocenters. The number of aliphatic carboxylic acids is 1. The molecule has 144 valence electrons. The van der Waals surface area contributed by atoms with Crippen LogP contribution in [0.3, 0.4) is 0 Å². The van der Waals surface area contributed by atoms with Gasteiger partial charge in [0.1, 0.15) is 6.10 Å². The van der Waals surface area contributed by atoms with Crippen LogP contribution in [0.5, 0.6) is 0 Å². The molecule has 1 fully saturated rings. The van der Waals surface area contributed by atoms with Gasteiger partial charge in [0.2, 0.25) is 0 Å². The van der Waals surface area contributed by atoms with Gasteiger partial charge in [-0.25, -0.2) is 0 Å². The molecule has 5 nitrogen and oxygen atoms in total. The Morgan fingerprint density at radius 2 is 1.50 bits per heavy atom. The van der Waals surface area contributed by atoms with Crippen molar-refractivity contribution in [1.29, 1.82) is 0 Å². The van der Waals surface area contributed by atoms with Crippen molar-refractivity contribution >= 4 is 17.6 Å². The van der Waals surface area contributed by atoms with E-state index in [1.165, 1.54) is 5.69 Å². The summed E-state index contributed by atoms with van der Waals surface area (Å²) in [4.78, 5) is 24.7. The Bertz CT molecular complexity index is 538. The summed E-state index contributed by atoms with van der Waals surface area (Å²) in [6, 6.07) is 10.4. The molecule has 26 heavy (non-hydrogen) atoms. The molecule has 0 amide bonds. The second-order valence-corrected chi connectivity index (χ2v) is 7.03. The summed E-state index contributed by atoms with van der Waals surface area (Å²) in [5.41, 5.74) is 1.24. The smallest absolute Gasteiger partial charge is 0.306 e. The van der Waals surface area contributed by atoms with Gasteiger partial charge < -0.3 is 14.7 Å². The highest BCUT2D eigenvalue weighted by Crippen LogP contribution is 2.21. The summed E-state index contributed by atoms with van der Waals surface area (Å²) < 4.78 is 5.62. The zero-order valence-electron chi connectivity index (χ0n) is 15.6. The van der Waals surface area contributed by atoms with E-state index in [1.807, 2.05) is 18.2 Å². The Morgan fingerprint density at radius 3 is 2.12 bits per heavy atom. The third kappa shape index (κ3) is 7.89. The Morgan fingerprint density at radius 1 is 0.923 bits per heavy atom. The summed E-state index contributed by atoms with van der Waals surface area (Å²) in [7, 11) is 0. The van der Waals surface area contributed by atoms with Crippen molar-refractivity contribution in [2.24, 2.45) is 0 Å². The van der Waals surface area contributed by atoms with E-state index in [0.717, 1.165) is 64.5 Å².